The summed E-state index contributed by atoms with van der Waals surface area (Å²) in [7, 11) is 1.67. The van der Waals surface area contributed by atoms with Crippen molar-refractivity contribution >= 4 is 11.9 Å². The molecule has 2 rings (SSSR count). The third-order valence-electron chi connectivity index (χ3n) is 3.45. The van der Waals surface area contributed by atoms with E-state index in [1.807, 2.05) is 0 Å². The van der Waals surface area contributed by atoms with Gasteiger partial charge >= 0.3 is 0 Å². The summed E-state index contributed by atoms with van der Waals surface area (Å²) in [6.45, 7) is 2.96. The first kappa shape index (κ1) is 14.7. The number of carbonyl (C=O) groups is 1. The first-order valence-electron chi connectivity index (χ1n) is 7.10. The molecule has 1 saturated heterocycles. The van der Waals surface area contributed by atoms with Crippen LogP contribution in [-0.4, -0.2) is 49.2 Å². The first-order chi connectivity index (χ1) is 9.81. The lowest BCUT2D eigenvalue weighted by atomic mass is 9.97. The summed E-state index contributed by atoms with van der Waals surface area (Å²) in [4.78, 5) is 22.7. The summed E-state index contributed by atoms with van der Waals surface area (Å²) >= 11 is 0. The minimum atomic E-state index is 0.0232. The van der Waals surface area contributed by atoms with Crippen molar-refractivity contribution in [3.05, 3.63) is 18.5 Å². The standard InChI is InChI=1S/C14H22N4O2/c1-20-10-4-8-15-13(19)12-5-2-9-18(11-12)14-16-6-3-7-17-14/h3,6-7,12H,2,4-5,8-11H2,1H3,(H,15,19)/t12-/m1/s1. The predicted octanol–water partition coefficient (Wildman–Crippen LogP) is 0.846. The SMILES string of the molecule is COCCCNC(=O)[C@@H]1CCCN(c2ncccn2)C1. The Bertz CT molecular complexity index is 413. The molecule has 6 heteroatoms. The molecular formula is C14H22N4O2. The van der Waals surface area contributed by atoms with Crippen LogP contribution < -0.4 is 10.2 Å². The van der Waals surface area contributed by atoms with E-state index in [-0.39, 0.29) is 11.8 Å². The van der Waals surface area contributed by atoms with Crippen molar-refractivity contribution in [1.82, 2.24) is 15.3 Å². The number of amides is 1. The van der Waals surface area contributed by atoms with Crippen LogP contribution in [-0.2, 0) is 9.53 Å². The predicted molar refractivity (Wildman–Crippen MR) is 76.5 cm³/mol. The van der Waals surface area contributed by atoms with Crippen molar-refractivity contribution in [2.24, 2.45) is 5.92 Å². The molecule has 0 unspecified atom stereocenters. The highest BCUT2D eigenvalue weighted by atomic mass is 16.5. The number of carbonyl (C=O) groups excluding carboxylic acids is 1. The topological polar surface area (TPSA) is 67.3 Å². The molecule has 1 aliphatic heterocycles. The maximum atomic E-state index is 12.1. The monoisotopic (exact) mass is 278 g/mol. The zero-order chi connectivity index (χ0) is 14.2. The molecule has 1 N–H and O–H groups in total. The number of rotatable bonds is 6. The zero-order valence-corrected chi connectivity index (χ0v) is 11.9. The Balaban J connectivity index is 1.82. The lowest BCUT2D eigenvalue weighted by Gasteiger charge is -2.31. The number of nitrogens with one attached hydrogen (secondary N) is 1. The molecular weight excluding hydrogens is 256 g/mol. The van der Waals surface area contributed by atoms with Crippen molar-refractivity contribution in [2.75, 3.05) is 38.3 Å². The molecule has 6 nitrogen and oxygen atoms in total. The fraction of sp³-hybridized carbons (Fsp3) is 0.643. The fourth-order valence-corrected chi connectivity index (χ4v) is 2.40. The molecule has 0 bridgehead atoms. The van der Waals surface area contributed by atoms with E-state index in [0.29, 0.717) is 25.6 Å². The molecule has 2 heterocycles. The van der Waals surface area contributed by atoms with Crippen LogP contribution in [0.2, 0.25) is 0 Å². The van der Waals surface area contributed by atoms with Gasteiger partial charge in [0.15, 0.2) is 0 Å². The van der Waals surface area contributed by atoms with Gasteiger partial charge < -0.3 is 15.0 Å². The lowest BCUT2D eigenvalue weighted by molar-refractivity contribution is -0.125. The van der Waals surface area contributed by atoms with Crippen molar-refractivity contribution in [1.29, 1.82) is 0 Å². The first-order valence-corrected chi connectivity index (χ1v) is 7.10. The second-order valence-corrected chi connectivity index (χ2v) is 4.97. The minimum Gasteiger partial charge on any atom is -0.385 e. The molecule has 1 amide bonds. The Morgan fingerprint density at radius 1 is 1.50 bits per heavy atom. The van der Waals surface area contributed by atoms with Gasteiger partial charge in [0.05, 0.1) is 5.92 Å². The highest BCUT2D eigenvalue weighted by Gasteiger charge is 2.26. The number of piperidine rings is 1. The summed E-state index contributed by atoms with van der Waals surface area (Å²) in [5, 5.41) is 2.97. The quantitative estimate of drug-likeness (QED) is 0.781. The Morgan fingerprint density at radius 2 is 2.30 bits per heavy atom. The average Bonchev–Trinajstić information content (AvgIpc) is 2.52. The van der Waals surface area contributed by atoms with Crippen molar-refractivity contribution in [3.63, 3.8) is 0 Å². The van der Waals surface area contributed by atoms with Crippen LogP contribution in [0.1, 0.15) is 19.3 Å². The summed E-state index contributed by atoms with van der Waals surface area (Å²) in [5.74, 6) is 0.862. The van der Waals surface area contributed by atoms with Crippen LogP contribution >= 0.6 is 0 Å². The molecule has 1 aromatic rings. The Hall–Kier alpha value is -1.69. The van der Waals surface area contributed by atoms with Gasteiger partial charge in [-0.1, -0.05) is 0 Å². The maximum Gasteiger partial charge on any atom is 0.225 e. The summed E-state index contributed by atoms with van der Waals surface area (Å²) in [6, 6.07) is 1.80. The van der Waals surface area contributed by atoms with Gasteiger partial charge in [0.25, 0.3) is 0 Å². The van der Waals surface area contributed by atoms with Crippen molar-refractivity contribution < 1.29 is 9.53 Å². The molecule has 1 aliphatic rings. The number of anilines is 1. The van der Waals surface area contributed by atoms with Crippen LogP contribution in [0.5, 0.6) is 0 Å². The number of aromatic nitrogens is 2. The number of hydrogen-bond acceptors (Lipinski definition) is 5. The molecule has 1 aromatic heterocycles. The lowest BCUT2D eigenvalue weighted by Crippen LogP contribution is -2.44. The molecule has 20 heavy (non-hydrogen) atoms. The fourth-order valence-electron chi connectivity index (χ4n) is 2.40. The summed E-state index contributed by atoms with van der Waals surface area (Å²) in [6.07, 6.45) is 6.24. The zero-order valence-electron chi connectivity index (χ0n) is 11.9. The van der Waals surface area contributed by atoms with E-state index in [1.165, 1.54) is 0 Å². The van der Waals surface area contributed by atoms with Gasteiger partial charge in [-0.3, -0.25) is 4.79 Å². The Kier molecular flexibility index (Phi) is 5.73. The van der Waals surface area contributed by atoms with Crippen molar-refractivity contribution in [3.8, 4) is 0 Å². The molecule has 1 atom stereocenters. The average molecular weight is 278 g/mol. The molecule has 0 aromatic carbocycles. The van der Waals surface area contributed by atoms with Gasteiger partial charge in [-0.15, -0.1) is 0 Å². The third kappa shape index (κ3) is 4.16. The largest absolute Gasteiger partial charge is 0.385 e. The van der Waals surface area contributed by atoms with Gasteiger partial charge in [0.2, 0.25) is 11.9 Å². The normalized spacial score (nSPS) is 18.9. The minimum absolute atomic E-state index is 0.0232. The van der Waals surface area contributed by atoms with Crippen molar-refractivity contribution in [2.45, 2.75) is 19.3 Å². The number of nitrogens with zero attached hydrogens (tertiary/aromatic N) is 3. The van der Waals surface area contributed by atoms with E-state index in [0.717, 1.165) is 25.8 Å². The highest BCUT2D eigenvalue weighted by Crippen LogP contribution is 2.19. The van der Waals surface area contributed by atoms with Crippen LogP contribution in [0.3, 0.4) is 0 Å². The second-order valence-electron chi connectivity index (χ2n) is 4.97. The van der Waals surface area contributed by atoms with E-state index in [1.54, 1.807) is 25.6 Å². The highest BCUT2D eigenvalue weighted by molar-refractivity contribution is 5.79. The van der Waals surface area contributed by atoms with E-state index < -0.39 is 0 Å². The van der Waals surface area contributed by atoms with Crippen LogP contribution in [0.15, 0.2) is 18.5 Å². The summed E-state index contributed by atoms with van der Waals surface area (Å²) < 4.78 is 4.97. The van der Waals surface area contributed by atoms with E-state index in [9.17, 15) is 4.79 Å². The molecule has 0 aliphatic carbocycles. The number of ether oxygens (including phenoxy) is 1. The van der Waals surface area contributed by atoms with Gasteiger partial charge in [-0.05, 0) is 25.3 Å². The second kappa shape index (κ2) is 7.79. The summed E-state index contributed by atoms with van der Waals surface area (Å²) in [5.41, 5.74) is 0. The van der Waals surface area contributed by atoms with E-state index in [4.69, 9.17) is 4.74 Å². The van der Waals surface area contributed by atoms with Crippen LogP contribution in [0, 0.1) is 5.92 Å². The van der Waals surface area contributed by atoms with E-state index >= 15 is 0 Å². The van der Waals surface area contributed by atoms with Gasteiger partial charge in [0, 0.05) is 45.7 Å². The number of hydrogen-bond donors (Lipinski definition) is 1. The van der Waals surface area contributed by atoms with Crippen LogP contribution in [0.25, 0.3) is 0 Å². The van der Waals surface area contributed by atoms with Gasteiger partial charge in [-0.25, -0.2) is 9.97 Å². The Morgan fingerprint density at radius 3 is 3.05 bits per heavy atom. The molecule has 1 fully saturated rings. The maximum absolute atomic E-state index is 12.1. The number of methoxy groups -OCH3 is 1. The molecule has 0 radical (unpaired) electrons. The third-order valence-corrected chi connectivity index (χ3v) is 3.45. The molecule has 110 valence electrons. The van der Waals surface area contributed by atoms with Gasteiger partial charge in [0.1, 0.15) is 0 Å². The molecule has 0 saturated carbocycles. The smallest absolute Gasteiger partial charge is 0.225 e. The van der Waals surface area contributed by atoms with E-state index in [2.05, 4.69) is 20.2 Å². The van der Waals surface area contributed by atoms with Crippen LogP contribution in [0.4, 0.5) is 5.95 Å². The molecule has 0 spiro atoms. The van der Waals surface area contributed by atoms with Gasteiger partial charge in [-0.2, -0.15) is 0 Å². The Labute approximate surface area is 119 Å².